The molecule has 1 aliphatic heterocycles. The summed E-state index contributed by atoms with van der Waals surface area (Å²) in [6.45, 7) is 2.32. The number of benzene rings is 1. The third-order valence-corrected chi connectivity index (χ3v) is 5.67. The summed E-state index contributed by atoms with van der Waals surface area (Å²) in [5.41, 5.74) is 6.82. The third-order valence-electron chi connectivity index (χ3n) is 5.67. The van der Waals surface area contributed by atoms with Crippen molar-refractivity contribution >= 4 is 29.2 Å². The van der Waals surface area contributed by atoms with Crippen LogP contribution in [0.1, 0.15) is 30.9 Å². The molecule has 0 saturated carbocycles. The summed E-state index contributed by atoms with van der Waals surface area (Å²) in [5, 5.41) is 2.47. The van der Waals surface area contributed by atoms with E-state index >= 15 is 0 Å². The van der Waals surface area contributed by atoms with E-state index in [1.165, 1.54) is 36.0 Å². The Kier molecular flexibility index (Phi) is 9.31. The molecule has 37 heavy (non-hydrogen) atoms. The Morgan fingerprint density at radius 2 is 2.11 bits per heavy atom. The van der Waals surface area contributed by atoms with Crippen molar-refractivity contribution in [2.24, 2.45) is 10.7 Å². The first-order valence-corrected chi connectivity index (χ1v) is 11.7. The number of aromatic nitrogens is 1. The standard InChI is InChI=1S/C26H29FN4O6/c1-3-37-22-14-18(27)11-17-12-19(29-24(17)22)15-31-10-6-7-16(25(31)34)13-21(32)20(30-26(35)36-2)8-4-5-9-23(28)33/h5-7,9-11,14,20H,3-4,8,12-13,15H2,1-2H3,(H2,28,33)(H,30,35)/b9-5+/t20-/m0/s1. The van der Waals surface area contributed by atoms with Crippen LogP contribution in [0.2, 0.25) is 0 Å². The van der Waals surface area contributed by atoms with Gasteiger partial charge in [-0.15, -0.1) is 0 Å². The lowest BCUT2D eigenvalue weighted by Gasteiger charge is -2.16. The van der Waals surface area contributed by atoms with Crippen LogP contribution in [0.4, 0.5) is 14.9 Å². The minimum atomic E-state index is -0.932. The average molecular weight is 513 g/mol. The van der Waals surface area contributed by atoms with Crippen LogP contribution in [0.3, 0.4) is 0 Å². The number of carbonyl (C=O) groups excluding carboxylic acids is 3. The van der Waals surface area contributed by atoms with Gasteiger partial charge in [-0.3, -0.25) is 19.4 Å². The molecule has 1 aromatic carbocycles. The number of fused-ring (bicyclic) bond motifs is 1. The zero-order valence-corrected chi connectivity index (χ0v) is 20.7. The molecule has 3 N–H and O–H groups in total. The number of carbonyl (C=O) groups is 3. The maximum atomic E-state index is 14.0. The van der Waals surface area contributed by atoms with E-state index in [9.17, 15) is 23.6 Å². The third kappa shape index (κ3) is 7.35. The van der Waals surface area contributed by atoms with Crippen molar-refractivity contribution in [3.8, 4) is 5.75 Å². The molecule has 196 valence electrons. The summed E-state index contributed by atoms with van der Waals surface area (Å²) < 4.78 is 25.5. The van der Waals surface area contributed by atoms with Crippen LogP contribution in [-0.4, -0.2) is 47.8 Å². The second-order valence-electron chi connectivity index (χ2n) is 8.38. The van der Waals surface area contributed by atoms with Gasteiger partial charge in [0.15, 0.2) is 5.78 Å². The Labute approximate surface area is 213 Å². The van der Waals surface area contributed by atoms with Crippen molar-refractivity contribution in [1.82, 2.24) is 9.88 Å². The molecule has 0 bridgehead atoms. The molecule has 2 amide bonds. The number of ether oxygens (including phenoxy) is 2. The quantitative estimate of drug-likeness (QED) is 0.418. The number of aliphatic imine (C=N–C) groups is 1. The fourth-order valence-electron chi connectivity index (χ4n) is 3.99. The molecule has 1 aliphatic rings. The first-order chi connectivity index (χ1) is 17.7. The van der Waals surface area contributed by atoms with E-state index in [4.69, 9.17) is 10.5 Å². The number of ketones is 1. The highest BCUT2D eigenvalue weighted by Crippen LogP contribution is 2.37. The zero-order valence-electron chi connectivity index (χ0n) is 20.7. The molecule has 3 rings (SSSR count). The fourth-order valence-corrected chi connectivity index (χ4v) is 3.99. The number of methoxy groups -OCH3 is 1. The number of hydrogen-bond donors (Lipinski definition) is 2. The fraction of sp³-hybridized carbons (Fsp3) is 0.346. The van der Waals surface area contributed by atoms with Gasteiger partial charge < -0.3 is 25.1 Å². The molecular formula is C26H29FN4O6. The van der Waals surface area contributed by atoms with Gasteiger partial charge in [-0.1, -0.05) is 12.1 Å². The minimum Gasteiger partial charge on any atom is -0.491 e. The predicted molar refractivity (Wildman–Crippen MR) is 135 cm³/mol. The summed E-state index contributed by atoms with van der Waals surface area (Å²) in [6, 6.07) is 4.96. The van der Waals surface area contributed by atoms with E-state index in [0.717, 1.165) is 0 Å². The van der Waals surface area contributed by atoms with Gasteiger partial charge >= 0.3 is 6.09 Å². The molecule has 11 heteroatoms. The number of nitrogens with two attached hydrogens (primary N) is 1. The number of pyridine rings is 1. The number of alkyl carbamates (subject to hydrolysis) is 1. The average Bonchev–Trinajstić information content (AvgIpc) is 3.25. The molecule has 0 radical (unpaired) electrons. The lowest BCUT2D eigenvalue weighted by atomic mass is 10.0. The largest absolute Gasteiger partial charge is 0.491 e. The van der Waals surface area contributed by atoms with Crippen molar-refractivity contribution in [3.63, 3.8) is 0 Å². The van der Waals surface area contributed by atoms with Crippen LogP contribution in [0, 0.1) is 5.82 Å². The van der Waals surface area contributed by atoms with Crippen LogP contribution >= 0.6 is 0 Å². The molecule has 0 unspecified atom stereocenters. The molecule has 2 heterocycles. The van der Waals surface area contributed by atoms with Crippen molar-refractivity contribution in [1.29, 1.82) is 0 Å². The first kappa shape index (κ1) is 27.3. The summed E-state index contributed by atoms with van der Waals surface area (Å²) in [7, 11) is 1.18. The molecule has 10 nitrogen and oxygen atoms in total. The van der Waals surface area contributed by atoms with Crippen molar-refractivity contribution < 1.29 is 28.2 Å². The van der Waals surface area contributed by atoms with E-state index in [1.54, 1.807) is 25.3 Å². The Balaban J connectivity index is 1.75. The number of halogens is 1. The molecule has 0 saturated heterocycles. The van der Waals surface area contributed by atoms with Gasteiger partial charge in [0.05, 0.1) is 26.3 Å². The lowest BCUT2D eigenvalue weighted by molar-refractivity contribution is -0.120. The van der Waals surface area contributed by atoms with E-state index in [2.05, 4.69) is 15.0 Å². The van der Waals surface area contributed by atoms with Gasteiger partial charge in [0.1, 0.15) is 17.3 Å². The number of allylic oxidation sites excluding steroid dienone is 1. The minimum absolute atomic E-state index is 0.157. The summed E-state index contributed by atoms with van der Waals surface area (Å²) in [6.07, 6.45) is 4.10. The van der Waals surface area contributed by atoms with Gasteiger partial charge in [-0.2, -0.15) is 0 Å². The molecule has 1 atom stereocenters. The second-order valence-corrected chi connectivity index (χ2v) is 8.38. The van der Waals surface area contributed by atoms with Crippen molar-refractivity contribution in [2.75, 3.05) is 13.7 Å². The van der Waals surface area contributed by atoms with Crippen LogP contribution in [0.15, 0.2) is 52.4 Å². The summed E-state index contributed by atoms with van der Waals surface area (Å²) in [4.78, 5) is 53.3. The van der Waals surface area contributed by atoms with Crippen LogP contribution in [0.25, 0.3) is 0 Å². The Morgan fingerprint density at radius 1 is 1.32 bits per heavy atom. The lowest BCUT2D eigenvalue weighted by Crippen LogP contribution is -2.42. The number of Topliss-reactive ketones (excluding diaryl/α,β-unsaturated/α-hetero) is 1. The normalized spacial score (nSPS) is 13.1. The second kappa shape index (κ2) is 12.6. The van der Waals surface area contributed by atoms with Crippen molar-refractivity contribution in [3.05, 3.63) is 69.9 Å². The molecule has 0 aliphatic carbocycles. The SMILES string of the molecule is CCOc1cc(F)cc2c1N=C(Cn1cccc(CC(=O)[C@H](CC/C=C/C(N)=O)NC(=O)OC)c1=O)C2. The van der Waals surface area contributed by atoms with Crippen LogP contribution in [-0.2, 0) is 33.7 Å². The van der Waals surface area contributed by atoms with E-state index in [-0.39, 0.29) is 30.5 Å². The molecule has 1 aromatic heterocycles. The van der Waals surface area contributed by atoms with Gasteiger partial charge in [-0.05, 0) is 43.5 Å². The van der Waals surface area contributed by atoms with Gasteiger partial charge in [0.25, 0.3) is 5.56 Å². The van der Waals surface area contributed by atoms with E-state index in [1.807, 2.05) is 0 Å². The zero-order chi connectivity index (χ0) is 26.9. The van der Waals surface area contributed by atoms with Crippen LogP contribution in [0.5, 0.6) is 5.75 Å². The van der Waals surface area contributed by atoms with Crippen LogP contribution < -0.4 is 21.3 Å². The Morgan fingerprint density at radius 3 is 2.81 bits per heavy atom. The van der Waals surface area contributed by atoms with E-state index < -0.39 is 29.6 Å². The highest BCUT2D eigenvalue weighted by atomic mass is 19.1. The number of primary amides is 1. The van der Waals surface area contributed by atoms with E-state index in [0.29, 0.717) is 42.2 Å². The molecule has 2 aromatic rings. The van der Waals surface area contributed by atoms with Gasteiger partial charge in [-0.25, -0.2) is 9.18 Å². The topological polar surface area (TPSA) is 142 Å². The Hall–Kier alpha value is -4.28. The highest BCUT2D eigenvalue weighted by molar-refractivity contribution is 5.95. The Bertz CT molecular complexity index is 1300. The van der Waals surface area contributed by atoms with Gasteiger partial charge in [0, 0.05) is 36.4 Å². The highest BCUT2D eigenvalue weighted by Gasteiger charge is 2.23. The summed E-state index contributed by atoms with van der Waals surface area (Å²) >= 11 is 0. The number of amides is 2. The molecule has 0 fully saturated rings. The number of hydrogen-bond acceptors (Lipinski definition) is 7. The monoisotopic (exact) mass is 512 g/mol. The predicted octanol–water partition coefficient (Wildman–Crippen LogP) is 2.37. The van der Waals surface area contributed by atoms with Crippen molar-refractivity contribution in [2.45, 2.75) is 45.2 Å². The molecule has 0 spiro atoms. The maximum absolute atomic E-state index is 14.0. The maximum Gasteiger partial charge on any atom is 0.407 e. The smallest absolute Gasteiger partial charge is 0.407 e. The number of rotatable bonds is 12. The summed E-state index contributed by atoms with van der Waals surface area (Å²) in [5.74, 6) is -1.08. The molecular weight excluding hydrogens is 483 g/mol. The van der Waals surface area contributed by atoms with Gasteiger partial charge in [0.2, 0.25) is 5.91 Å². The number of nitrogens with zero attached hydrogens (tertiary/aromatic N) is 2. The first-order valence-electron chi connectivity index (χ1n) is 11.7. The number of nitrogens with one attached hydrogen (secondary N) is 1.